The molecule has 0 bridgehead atoms. The molecule has 3 heteroatoms. The van der Waals surface area contributed by atoms with E-state index in [0.29, 0.717) is 0 Å². The maximum absolute atomic E-state index is 4.29. The molecule has 0 N–H and O–H groups in total. The third kappa shape index (κ3) is 1.93. The van der Waals surface area contributed by atoms with Crippen LogP contribution in [0.25, 0.3) is 5.70 Å². The molecular formula is C11H11N3. The van der Waals surface area contributed by atoms with Gasteiger partial charge in [-0.05, 0) is 25.5 Å². The topological polar surface area (TPSA) is 38.1 Å². The molecule has 1 aliphatic rings. The zero-order valence-corrected chi connectivity index (χ0v) is 8.01. The highest BCUT2D eigenvalue weighted by molar-refractivity contribution is 5.80. The van der Waals surface area contributed by atoms with Crippen molar-refractivity contribution < 1.29 is 0 Å². The molecule has 0 unspecified atom stereocenters. The minimum Gasteiger partial charge on any atom is -0.255 e. The van der Waals surface area contributed by atoms with Crippen molar-refractivity contribution in [3.05, 3.63) is 42.0 Å². The molecule has 0 aromatic carbocycles. The lowest BCUT2D eigenvalue weighted by Crippen LogP contribution is -1.90. The summed E-state index contributed by atoms with van der Waals surface area (Å²) in [5.74, 6) is 0. The van der Waals surface area contributed by atoms with E-state index in [9.17, 15) is 0 Å². The van der Waals surface area contributed by atoms with Crippen LogP contribution in [0.1, 0.15) is 17.8 Å². The number of nitrogens with zero attached hydrogens (tertiary/aromatic N) is 3. The lowest BCUT2D eigenvalue weighted by Gasteiger charge is -2.00. The Morgan fingerprint density at radius 3 is 3.07 bits per heavy atom. The second kappa shape index (κ2) is 3.96. The van der Waals surface area contributed by atoms with Gasteiger partial charge in [-0.15, -0.1) is 0 Å². The summed E-state index contributed by atoms with van der Waals surface area (Å²) in [6, 6.07) is 1.94. The Hall–Kier alpha value is -1.77. The van der Waals surface area contributed by atoms with E-state index in [4.69, 9.17) is 0 Å². The second-order valence-corrected chi connectivity index (χ2v) is 3.08. The average molecular weight is 185 g/mol. The Balaban J connectivity index is 2.35. The van der Waals surface area contributed by atoms with E-state index in [1.165, 1.54) is 0 Å². The molecule has 0 radical (unpaired) electrons. The lowest BCUT2D eigenvalue weighted by atomic mass is 10.2. The fourth-order valence-corrected chi connectivity index (χ4v) is 1.26. The third-order valence-corrected chi connectivity index (χ3v) is 1.95. The van der Waals surface area contributed by atoms with E-state index in [0.717, 1.165) is 23.5 Å². The van der Waals surface area contributed by atoms with Crippen LogP contribution in [-0.2, 0) is 0 Å². The summed E-state index contributed by atoms with van der Waals surface area (Å²) in [7, 11) is 0. The molecule has 1 aromatic heterocycles. The molecule has 1 aromatic rings. The number of aromatic nitrogens is 2. The van der Waals surface area contributed by atoms with Crippen LogP contribution in [0.15, 0.2) is 35.6 Å². The predicted molar refractivity (Wildman–Crippen MR) is 57.0 cm³/mol. The highest BCUT2D eigenvalue weighted by Gasteiger charge is 2.01. The van der Waals surface area contributed by atoms with E-state index in [1.54, 1.807) is 12.5 Å². The molecule has 0 fully saturated rings. The first-order valence-corrected chi connectivity index (χ1v) is 4.54. The van der Waals surface area contributed by atoms with Crippen molar-refractivity contribution in [2.24, 2.45) is 4.99 Å². The minimum absolute atomic E-state index is 0.887. The summed E-state index contributed by atoms with van der Waals surface area (Å²) in [6.07, 6.45) is 10.3. The predicted octanol–water partition coefficient (Wildman–Crippen LogP) is 2.16. The van der Waals surface area contributed by atoms with Gasteiger partial charge in [0.05, 0.1) is 11.4 Å². The van der Waals surface area contributed by atoms with Gasteiger partial charge in [-0.25, -0.2) is 9.97 Å². The largest absolute Gasteiger partial charge is 0.255 e. The van der Waals surface area contributed by atoms with Gasteiger partial charge in [0.25, 0.3) is 0 Å². The normalized spacial score (nSPS) is 15.1. The van der Waals surface area contributed by atoms with Gasteiger partial charge in [-0.1, -0.05) is 12.2 Å². The van der Waals surface area contributed by atoms with Gasteiger partial charge in [0, 0.05) is 11.9 Å². The van der Waals surface area contributed by atoms with Crippen LogP contribution in [0, 0.1) is 6.92 Å². The van der Waals surface area contributed by atoms with Crippen molar-refractivity contribution >= 4 is 11.9 Å². The van der Waals surface area contributed by atoms with E-state index in [2.05, 4.69) is 27.1 Å². The van der Waals surface area contributed by atoms with Crippen molar-refractivity contribution in [3.8, 4) is 0 Å². The van der Waals surface area contributed by atoms with Gasteiger partial charge in [0.1, 0.15) is 6.33 Å². The number of aliphatic imine (C=N–C) groups is 1. The quantitative estimate of drug-likeness (QED) is 0.672. The Bertz CT molecular complexity index is 416. The first-order chi connectivity index (χ1) is 6.86. The summed E-state index contributed by atoms with van der Waals surface area (Å²) >= 11 is 0. The minimum atomic E-state index is 0.887. The van der Waals surface area contributed by atoms with Crippen LogP contribution >= 0.6 is 0 Å². The van der Waals surface area contributed by atoms with Crippen LogP contribution in [0.4, 0.5) is 0 Å². The number of aryl methyl sites for hydroxylation is 1. The molecule has 2 rings (SSSR count). The fraction of sp³-hybridized carbons (Fsp3) is 0.182. The Morgan fingerprint density at radius 2 is 2.21 bits per heavy atom. The molecule has 2 heterocycles. The van der Waals surface area contributed by atoms with Gasteiger partial charge < -0.3 is 0 Å². The van der Waals surface area contributed by atoms with Crippen LogP contribution in [-0.4, -0.2) is 16.2 Å². The Kier molecular flexibility index (Phi) is 2.49. The van der Waals surface area contributed by atoms with Crippen LogP contribution < -0.4 is 0 Å². The van der Waals surface area contributed by atoms with E-state index >= 15 is 0 Å². The van der Waals surface area contributed by atoms with Crippen molar-refractivity contribution in [1.29, 1.82) is 0 Å². The van der Waals surface area contributed by atoms with Crippen molar-refractivity contribution in [1.82, 2.24) is 9.97 Å². The zero-order chi connectivity index (χ0) is 9.80. The molecular weight excluding hydrogens is 174 g/mol. The summed E-state index contributed by atoms with van der Waals surface area (Å²) in [6.45, 7) is 1.95. The SMILES string of the molecule is Cc1cc(C2=CCC=CC=N2)ncn1. The standard InChI is InChI=1S/C11H11N3/c1-9-7-11(14-8-13-9)10-5-3-2-4-6-12-10/h2,4-8H,3H2,1H3. The highest BCUT2D eigenvalue weighted by atomic mass is 14.9. The maximum atomic E-state index is 4.29. The molecule has 0 spiro atoms. The lowest BCUT2D eigenvalue weighted by molar-refractivity contribution is 1.08. The molecule has 1 aliphatic heterocycles. The van der Waals surface area contributed by atoms with Crippen LogP contribution in [0.3, 0.4) is 0 Å². The molecule has 3 nitrogen and oxygen atoms in total. The molecule has 14 heavy (non-hydrogen) atoms. The molecule has 0 amide bonds. The van der Waals surface area contributed by atoms with Crippen molar-refractivity contribution in [3.63, 3.8) is 0 Å². The fourth-order valence-electron chi connectivity index (χ4n) is 1.26. The molecule has 0 saturated carbocycles. The molecule has 0 atom stereocenters. The average Bonchev–Trinajstić information content (AvgIpc) is 2.45. The number of allylic oxidation sites excluding steroid dienone is 3. The van der Waals surface area contributed by atoms with Gasteiger partial charge in [-0.3, -0.25) is 4.99 Å². The number of hydrogen-bond acceptors (Lipinski definition) is 3. The number of rotatable bonds is 1. The van der Waals surface area contributed by atoms with Crippen LogP contribution in [0.5, 0.6) is 0 Å². The molecule has 0 aliphatic carbocycles. The van der Waals surface area contributed by atoms with Gasteiger partial charge in [0.2, 0.25) is 0 Å². The molecule has 70 valence electrons. The van der Waals surface area contributed by atoms with Crippen molar-refractivity contribution in [2.75, 3.05) is 0 Å². The van der Waals surface area contributed by atoms with E-state index in [1.807, 2.05) is 19.1 Å². The van der Waals surface area contributed by atoms with E-state index in [-0.39, 0.29) is 0 Å². The van der Waals surface area contributed by atoms with Crippen LogP contribution in [0.2, 0.25) is 0 Å². The number of hydrogen-bond donors (Lipinski definition) is 0. The Labute approximate surface area is 82.9 Å². The summed E-state index contributed by atoms with van der Waals surface area (Å²) in [5.41, 5.74) is 2.77. The summed E-state index contributed by atoms with van der Waals surface area (Å²) in [5, 5.41) is 0. The van der Waals surface area contributed by atoms with Gasteiger partial charge in [-0.2, -0.15) is 0 Å². The van der Waals surface area contributed by atoms with Crippen molar-refractivity contribution in [2.45, 2.75) is 13.3 Å². The molecule has 0 saturated heterocycles. The van der Waals surface area contributed by atoms with Gasteiger partial charge in [0.15, 0.2) is 0 Å². The van der Waals surface area contributed by atoms with E-state index < -0.39 is 0 Å². The Morgan fingerprint density at radius 1 is 1.29 bits per heavy atom. The smallest absolute Gasteiger partial charge is 0.116 e. The highest BCUT2D eigenvalue weighted by Crippen LogP contribution is 2.15. The van der Waals surface area contributed by atoms with Gasteiger partial charge >= 0.3 is 0 Å². The second-order valence-electron chi connectivity index (χ2n) is 3.08. The zero-order valence-electron chi connectivity index (χ0n) is 8.01. The monoisotopic (exact) mass is 185 g/mol. The first kappa shape index (κ1) is 8.81. The maximum Gasteiger partial charge on any atom is 0.116 e. The third-order valence-electron chi connectivity index (χ3n) is 1.95. The summed E-state index contributed by atoms with van der Waals surface area (Å²) in [4.78, 5) is 12.5. The first-order valence-electron chi connectivity index (χ1n) is 4.54. The summed E-state index contributed by atoms with van der Waals surface area (Å²) < 4.78 is 0.